The van der Waals surface area contributed by atoms with Gasteiger partial charge < -0.3 is 10.4 Å². The lowest BCUT2D eigenvalue weighted by molar-refractivity contribution is 0.251. The molecule has 0 fully saturated rings. The van der Waals surface area contributed by atoms with E-state index in [1.54, 1.807) is 6.20 Å². The third-order valence-corrected chi connectivity index (χ3v) is 2.03. The van der Waals surface area contributed by atoms with E-state index in [1.807, 2.05) is 26.0 Å². The summed E-state index contributed by atoms with van der Waals surface area (Å²) >= 11 is 0. The fourth-order valence-corrected chi connectivity index (χ4v) is 1.05. The number of aryl methyl sites for hydroxylation is 1. The van der Waals surface area contributed by atoms with Crippen LogP contribution < -0.4 is 5.32 Å². The van der Waals surface area contributed by atoms with Crippen molar-refractivity contribution in [1.29, 1.82) is 0 Å². The summed E-state index contributed by atoms with van der Waals surface area (Å²) in [5.41, 5.74) is 2.22. The molecule has 1 unspecified atom stereocenters. The summed E-state index contributed by atoms with van der Waals surface area (Å²) in [6.45, 7) is 4.87. The maximum Gasteiger partial charge on any atom is 0.0582 e. The summed E-state index contributed by atoms with van der Waals surface area (Å²) < 4.78 is 0. The molecular weight excluding hydrogens is 164 g/mol. The van der Waals surface area contributed by atoms with Crippen molar-refractivity contribution in [1.82, 2.24) is 10.3 Å². The molecule has 2 N–H and O–H groups in total. The molecule has 0 aliphatic carbocycles. The highest BCUT2D eigenvalue weighted by atomic mass is 16.3. The van der Waals surface area contributed by atoms with Crippen molar-refractivity contribution in [3.05, 3.63) is 29.6 Å². The molecule has 1 heterocycles. The first kappa shape index (κ1) is 10.2. The summed E-state index contributed by atoms with van der Waals surface area (Å²) in [5, 5.41) is 12.0. The van der Waals surface area contributed by atoms with Crippen LogP contribution in [0, 0.1) is 6.92 Å². The van der Waals surface area contributed by atoms with Crippen LogP contribution in [0.2, 0.25) is 0 Å². The second kappa shape index (κ2) is 4.94. The molecule has 0 aliphatic heterocycles. The minimum absolute atomic E-state index is 0.139. The molecule has 1 aromatic heterocycles. The van der Waals surface area contributed by atoms with Crippen LogP contribution in [0.15, 0.2) is 18.3 Å². The molecule has 3 heteroatoms. The molecular formula is C10H16N2O. The lowest BCUT2D eigenvalue weighted by Crippen LogP contribution is -2.28. The van der Waals surface area contributed by atoms with E-state index in [0.29, 0.717) is 0 Å². The maximum atomic E-state index is 8.80. The Labute approximate surface area is 78.8 Å². The highest BCUT2D eigenvalue weighted by molar-refractivity contribution is 5.17. The summed E-state index contributed by atoms with van der Waals surface area (Å²) in [5.74, 6) is 0. The molecule has 0 amide bonds. The van der Waals surface area contributed by atoms with E-state index in [2.05, 4.69) is 10.3 Å². The van der Waals surface area contributed by atoms with Crippen LogP contribution in [0.25, 0.3) is 0 Å². The van der Waals surface area contributed by atoms with Gasteiger partial charge in [-0.1, -0.05) is 6.07 Å². The van der Waals surface area contributed by atoms with Crippen molar-refractivity contribution in [2.45, 2.75) is 26.4 Å². The van der Waals surface area contributed by atoms with Crippen molar-refractivity contribution < 1.29 is 5.11 Å². The van der Waals surface area contributed by atoms with Crippen molar-refractivity contribution in [2.75, 3.05) is 6.61 Å². The van der Waals surface area contributed by atoms with Gasteiger partial charge in [-0.05, 0) is 25.5 Å². The predicted octanol–water partition coefficient (Wildman–Crippen LogP) is 0.860. The van der Waals surface area contributed by atoms with Gasteiger partial charge in [0.15, 0.2) is 0 Å². The fraction of sp³-hybridized carbons (Fsp3) is 0.500. The van der Waals surface area contributed by atoms with E-state index in [0.717, 1.165) is 12.2 Å². The quantitative estimate of drug-likeness (QED) is 0.722. The van der Waals surface area contributed by atoms with Crippen LogP contribution in [0.4, 0.5) is 0 Å². The van der Waals surface area contributed by atoms with Gasteiger partial charge in [0.05, 0.1) is 6.61 Å². The van der Waals surface area contributed by atoms with E-state index >= 15 is 0 Å². The average molecular weight is 180 g/mol. The van der Waals surface area contributed by atoms with Gasteiger partial charge in [0.1, 0.15) is 0 Å². The molecule has 0 spiro atoms. The first-order valence-electron chi connectivity index (χ1n) is 4.48. The molecule has 1 rings (SSSR count). The molecule has 0 bridgehead atoms. The molecule has 0 aromatic carbocycles. The number of aromatic nitrogens is 1. The van der Waals surface area contributed by atoms with Crippen LogP contribution in [-0.4, -0.2) is 22.7 Å². The number of hydrogen-bond acceptors (Lipinski definition) is 3. The Hall–Kier alpha value is -0.930. The minimum Gasteiger partial charge on any atom is -0.395 e. The Balaban J connectivity index is 2.50. The number of hydrogen-bond donors (Lipinski definition) is 2. The molecule has 72 valence electrons. The SMILES string of the molecule is Cc1ncccc1CNC(C)CO. The van der Waals surface area contributed by atoms with Crippen LogP contribution in [0.5, 0.6) is 0 Å². The largest absolute Gasteiger partial charge is 0.395 e. The molecule has 13 heavy (non-hydrogen) atoms. The van der Waals surface area contributed by atoms with Crippen molar-refractivity contribution in [3.63, 3.8) is 0 Å². The van der Waals surface area contributed by atoms with Gasteiger partial charge in [-0.25, -0.2) is 0 Å². The fourth-order valence-electron chi connectivity index (χ4n) is 1.05. The Bertz CT molecular complexity index is 263. The number of nitrogens with one attached hydrogen (secondary N) is 1. The van der Waals surface area contributed by atoms with Crippen molar-refractivity contribution in [3.8, 4) is 0 Å². The summed E-state index contributed by atoms with van der Waals surface area (Å²) in [6, 6.07) is 4.10. The molecule has 0 aliphatic rings. The zero-order valence-electron chi connectivity index (χ0n) is 8.12. The third kappa shape index (κ3) is 3.13. The van der Waals surface area contributed by atoms with Gasteiger partial charge in [-0.15, -0.1) is 0 Å². The van der Waals surface area contributed by atoms with Crippen LogP contribution in [0.3, 0.4) is 0 Å². The van der Waals surface area contributed by atoms with Crippen LogP contribution >= 0.6 is 0 Å². The van der Waals surface area contributed by atoms with Crippen LogP contribution in [-0.2, 0) is 6.54 Å². The second-order valence-corrected chi connectivity index (χ2v) is 3.21. The monoisotopic (exact) mass is 180 g/mol. The third-order valence-electron chi connectivity index (χ3n) is 2.03. The first-order chi connectivity index (χ1) is 6.24. The van der Waals surface area contributed by atoms with Crippen LogP contribution in [0.1, 0.15) is 18.2 Å². The molecule has 0 radical (unpaired) electrons. The smallest absolute Gasteiger partial charge is 0.0582 e. The Morgan fingerprint density at radius 1 is 1.62 bits per heavy atom. The number of aliphatic hydroxyl groups excluding tert-OH is 1. The molecule has 1 atom stereocenters. The first-order valence-corrected chi connectivity index (χ1v) is 4.48. The molecule has 1 aromatic rings. The van der Waals surface area contributed by atoms with E-state index < -0.39 is 0 Å². The van der Waals surface area contributed by atoms with E-state index in [9.17, 15) is 0 Å². The second-order valence-electron chi connectivity index (χ2n) is 3.21. The highest BCUT2D eigenvalue weighted by Crippen LogP contribution is 2.02. The van der Waals surface area contributed by atoms with Gasteiger partial charge in [-0.3, -0.25) is 4.98 Å². The summed E-state index contributed by atoms with van der Waals surface area (Å²) in [7, 11) is 0. The zero-order valence-corrected chi connectivity index (χ0v) is 8.12. The lowest BCUT2D eigenvalue weighted by Gasteiger charge is -2.11. The normalized spacial score (nSPS) is 12.8. The predicted molar refractivity (Wildman–Crippen MR) is 52.4 cm³/mol. The highest BCUT2D eigenvalue weighted by Gasteiger charge is 2.01. The van der Waals surface area contributed by atoms with Gasteiger partial charge >= 0.3 is 0 Å². The number of rotatable bonds is 4. The Morgan fingerprint density at radius 2 is 2.38 bits per heavy atom. The lowest BCUT2D eigenvalue weighted by atomic mass is 10.2. The van der Waals surface area contributed by atoms with Crippen molar-refractivity contribution in [2.24, 2.45) is 0 Å². The number of pyridine rings is 1. The van der Waals surface area contributed by atoms with Gasteiger partial charge in [0, 0.05) is 24.5 Å². The summed E-state index contributed by atoms with van der Waals surface area (Å²) in [4.78, 5) is 4.18. The molecule has 0 saturated heterocycles. The van der Waals surface area contributed by atoms with Crippen molar-refractivity contribution >= 4 is 0 Å². The zero-order chi connectivity index (χ0) is 9.68. The van der Waals surface area contributed by atoms with E-state index in [4.69, 9.17) is 5.11 Å². The van der Waals surface area contributed by atoms with Gasteiger partial charge in [0.2, 0.25) is 0 Å². The van der Waals surface area contributed by atoms with E-state index in [-0.39, 0.29) is 12.6 Å². The molecule has 0 saturated carbocycles. The van der Waals surface area contributed by atoms with E-state index in [1.165, 1.54) is 5.56 Å². The number of aliphatic hydroxyl groups is 1. The van der Waals surface area contributed by atoms with Gasteiger partial charge in [-0.2, -0.15) is 0 Å². The maximum absolute atomic E-state index is 8.80. The minimum atomic E-state index is 0.139. The average Bonchev–Trinajstić information content (AvgIpc) is 2.16. The summed E-state index contributed by atoms with van der Waals surface area (Å²) in [6.07, 6.45) is 1.79. The Kier molecular flexibility index (Phi) is 3.86. The molecule has 3 nitrogen and oxygen atoms in total. The van der Waals surface area contributed by atoms with Gasteiger partial charge in [0.25, 0.3) is 0 Å². The topological polar surface area (TPSA) is 45.2 Å². The standard InChI is InChI=1S/C10H16N2O/c1-8(7-13)12-6-10-4-3-5-11-9(10)2/h3-5,8,12-13H,6-7H2,1-2H3. The number of nitrogens with zero attached hydrogens (tertiary/aromatic N) is 1. The Morgan fingerprint density at radius 3 is 3.00 bits per heavy atom.